The van der Waals surface area contributed by atoms with Gasteiger partial charge in [-0.05, 0) is 37.1 Å². The number of hydrogen-bond donors (Lipinski definition) is 3. The molecule has 0 bridgehead atoms. The van der Waals surface area contributed by atoms with Crippen molar-refractivity contribution in [2.75, 3.05) is 13.1 Å². The Kier molecular flexibility index (Phi) is 4.29. The van der Waals surface area contributed by atoms with E-state index >= 15 is 0 Å². The molecule has 2 saturated heterocycles. The van der Waals surface area contributed by atoms with Gasteiger partial charge in [0.2, 0.25) is 11.8 Å². The average molecular weight is 356 g/mol. The number of amides is 4. The van der Waals surface area contributed by atoms with Gasteiger partial charge in [0.25, 0.3) is 11.8 Å². The minimum absolute atomic E-state index is 0.119. The second kappa shape index (κ2) is 6.62. The molecule has 0 aliphatic carbocycles. The van der Waals surface area contributed by atoms with Gasteiger partial charge in [-0.1, -0.05) is 6.07 Å². The fourth-order valence-corrected chi connectivity index (χ4v) is 3.54. The van der Waals surface area contributed by atoms with Crippen molar-refractivity contribution < 1.29 is 19.2 Å². The standard InChI is InChI=1S/C18H20N4O4/c23-15-4-3-14(16(24)21-15)22-17(25)12-2-1-10(7-13(12)18(22)26)8-19-9-11-5-6-20-11/h1-2,7,11,14,19-20H,3-6,8-9H2,(H,21,23,24). The minimum atomic E-state index is -0.925. The summed E-state index contributed by atoms with van der Waals surface area (Å²) in [6.07, 6.45) is 1.44. The van der Waals surface area contributed by atoms with Crippen LogP contribution in [0.3, 0.4) is 0 Å². The summed E-state index contributed by atoms with van der Waals surface area (Å²) in [4.78, 5) is 49.7. The molecule has 8 heteroatoms. The van der Waals surface area contributed by atoms with E-state index in [9.17, 15) is 19.2 Å². The van der Waals surface area contributed by atoms with Crippen LogP contribution in [-0.4, -0.2) is 53.7 Å². The maximum absolute atomic E-state index is 12.7. The highest BCUT2D eigenvalue weighted by Crippen LogP contribution is 2.28. The Morgan fingerprint density at radius 2 is 1.85 bits per heavy atom. The van der Waals surface area contributed by atoms with Crippen LogP contribution >= 0.6 is 0 Å². The zero-order chi connectivity index (χ0) is 18.3. The molecule has 26 heavy (non-hydrogen) atoms. The second-order valence-corrected chi connectivity index (χ2v) is 6.90. The highest BCUT2D eigenvalue weighted by atomic mass is 16.2. The van der Waals surface area contributed by atoms with E-state index in [1.807, 2.05) is 6.07 Å². The van der Waals surface area contributed by atoms with Crippen LogP contribution in [-0.2, 0) is 16.1 Å². The van der Waals surface area contributed by atoms with E-state index < -0.39 is 23.8 Å². The number of piperidine rings is 1. The van der Waals surface area contributed by atoms with E-state index in [-0.39, 0.29) is 18.7 Å². The molecule has 136 valence electrons. The zero-order valence-corrected chi connectivity index (χ0v) is 14.2. The molecule has 0 aromatic heterocycles. The first-order valence-corrected chi connectivity index (χ1v) is 8.83. The van der Waals surface area contributed by atoms with E-state index in [0.29, 0.717) is 23.7 Å². The van der Waals surface area contributed by atoms with E-state index in [0.717, 1.165) is 30.0 Å². The van der Waals surface area contributed by atoms with Crippen LogP contribution in [0.1, 0.15) is 45.5 Å². The van der Waals surface area contributed by atoms with Crippen molar-refractivity contribution in [3.05, 3.63) is 34.9 Å². The molecule has 1 aromatic carbocycles. The molecule has 2 unspecified atom stereocenters. The average Bonchev–Trinajstić information content (AvgIpc) is 2.81. The summed E-state index contributed by atoms with van der Waals surface area (Å²) in [5, 5.41) is 8.83. The molecule has 3 aliphatic heterocycles. The summed E-state index contributed by atoms with van der Waals surface area (Å²) >= 11 is 0. The molecule has 1 aromatic rings. The predicted octanol–water partition coefficient (Wildman–Crippen LogP) is -0.461. The molecule has 0 spiro atoms. The van der Waals surface area contributed by atoms with Crippen molar-refractivity contribution in [3.8, 4) is 0 Å². The lowest BCUT2D eigenvalue weighted by Gasteiger charge is -2.27. The van der Waals surface area contributed by atoms with Gasteiger partial charge in [0, 0.05) is 25.6 Å². The first kappa shape index (κ1) is 16.9. The molecule has 2 fully saturated rings. The van der Waals surface area contributed by atoms with Crippen LogP contribution in [0, 0.1) is 0 Å². The van der Waals surface area contributed by atoms with Crippen LogP contribution in [0.5, 0.6) is 0 Å². The van der Waals surface area contributed by atoms with Crippen LogP contribution < -0.4 is 16.0 Å². The van der Waals surface area contributed by atoms with Crippen molar-refractivity contribution in [1.29, 1.82) is 0 Å². The maximum Gasteiger partial charge on any atom is 0.262 e. The summed E-state index contributed by atoms with van der Waals surface area (Å²) in [5.74, 6) is -1.91. The topological polar surface area (TPSA) is 108 Å². The van der Waals surface area contributed by atoms with E-state index in [4.69, 9.17) is 0 Å². The lowest BCUT2D eigenvalue weighted by Crippen LogP contribution is -2.54. The molecule has 3 aliphatic rings. The van der Waals surface area contributed by atoms with Gasteiger partial charge >= 0.3 is 0 Å². The number of rotatable bonds is 5. The third-order valence-corrected chi connectivity index (χ3v) is 5.15. The molecule has 3 N–H and O–H groups in total. The van der Waals surface area contributed by atoms with E-state index in [1.165, 1.54) is 0 Å². The quantitative estimate of drug-likeness (QED) is 0.616. The molecule has 2 atom stereocenters. The van der Waals surface area contributed by atoms with Crippen LogP contribution in [0.25, 0.3) is 0 Å². The van der Waals surface area contributed by atoms with E-state index in [2.05, 4.69) is 16.0 Å². The van der Waals surface area contributed by atoms with Crippen molar-refractivity contribution in [3.63, 3.8) is 0 Å². The fraction of sp³-hybridized carbons (Fsp3) is 0.444. The molecule has 0 radical (unpaired) electrons. The van der Waals surface area contributed by atoms with Crippen molar-refractivity contribution in [2.24, 2.45) is 0 Å². The van der Waals surface area contributed by atoms with Gasteiger partial charge in [-0.15, -0.1) is 0 Å². The molecule has 4 amide bonds. The maximum atomic E-state index is 12.7. The van der Waals surface area contributed by atoms with Gasteiger partial charge in [0.05, 0.1) is 11.1 Å². The largest absolute Gasteiger partial charge is 0.313 e. The Morgan fingerprint density at radius 3 is 2.54 bits per heavy atom. The number of imide groups is 2. The first-order valence-electron chi connectivity index (χ1n) is 8.83. The smallest absolute Gasteiger partial charge is 0.262 e. The third-order valence-electron chi connectivity index (χ3n) is 5.15. The molecule has 4 rings (SSSR count). The first-order chi connectivity index (χ1) is 12.5. The summed E-state index contributed by atoms with van der Waals surface area (Å²) in [6.45, 7) is 2.51. The van der Waals surface area contributed by atoms with Gasteiger partial charge in [-0.25, -0.2) is 0 Å². The molecular formula is C18H20N4O4. The fourth-order valence-electron chi connectivity index (χ4n) is 3.54. The second-order valence-electron chi connectivity index (χ2n) is 6.90. The lowest BCUT2D eigenvalue weighted by molar-refractivity contribution is -0.136. The van der Waals surface area contributed by atoms with Gasteiger partial charge < -0.3 is 10.6 Å². The highest BCUT2D eigenvalue weighted by Gasteiger charge is 2.44. The highest BCUT2D eigenvalue weighted by molar-refractivity contribution is 6.23. The Labute approximate surface area is 150 Å². The number of nitrogens with one attached hydrogen (secondary N) is 3. The number of fused-ring (bicyclic) bond motifs is 1. The zero-order valence-electron chi connectivity index (χ0n) is 14.2. The third kappa shape index (κ3) is 2.91. The van der Waals surface area contributed by atoms with Gasteiger partial charge in [-0.3, -0.25) is 29.4 Å². The number of carbonyl (C=O) groups excluding carboxylic acids is 4. The Bertz CT molecular complexity index is 802. The predicted molar refractivity (Wildman–Crippen MR) is 91.2 cm³/mol. The summed E-state index contributed by atoms with van der Waals surface area (Å²) in [5.41, 5.74) is 1.54. The number of nitrogens with zero attached hydrogens (tertiary/aromatic N) is 1. The SMILES string of the molecule is O=C1CCC(N2C(=O)c3ccc(CNCC4CCN4)cc3C2=O)C(=O)N1. The minimum Gasteiger partial charge on any atom is -0.313 e. The van der Waals surface area contributed by atoms with Gasteiger partial charge in [0.15, 0.2) is 0 Å². The van der Waals surface area contributed by atoms with Crippen molar-refractivity contribution in [1.82, 2.24) is 20.9 Å². The van der Waals surface area contributed by atoms with Crippen molar-refractivity contribution in [2.45, 2.75) is 37.9 Å². The number of carbonyl (C=O) groups is 4. The normalized spacial score (nSPS) is 25.2. The lowest BCUT2D eigenvalue weighted by atomic mass is 10.0. The van der Waals surface area contributed by atoms with Crippen LogP contribution in [0.15, 0.2) is 18.2 Å². The monoisotopic (exact) mass is 356 g/mol. The molecular weight excluding hydrogens is 336 g/mol. The van der Waals surface area contributed by atoms with Crippen LogP contribution in [0.2, 0.25) is 0 Å². The molecule has 8 nitrogen and oxygen atoms in total. The van der Waals surface area contributed by atoms with E-state index in [1.54, 1.807) is 12.1 Å². The Balaban J connectivity index is 1.48. The van der Waals surface area contributed by atoms with Crippen molar-refractivity contribution >= 4 is 23.6 Å². The number of hydrogen-bond acceptors (Lipinski definition) is 6. The Hall–Kier alpha value is -2.58. The molecule has 0 saturated carbocycles. The van der Waals surface area contributed by atoms with Gasteiger partial charge in [-0.2, -0.15) is 0 Å². The van der Waals surface area contributed by atoms with Gasteiger partial charge in [0.1, 0.15) is 6.04 Å². The summed E-state index contributed by atoms with van der Waals surface area (Å²) in [6, 6.07) is 4.74. The summed E-state index contributed by atoms with van der Waals surface area (Å²) in [7, 11) is 0. The molecule has 3 heterocycles. The Morgan fingerprint density at radius 1 is 1.08 bits per heavy atom. The number of benzene rings is 1. The van der Waals surface area contributed by atoms with Crippen LogP contribution in [0.4, 0.5) is 0 Å². The summed E-state index contributed by atoms with van der Waals surface area (Å²) < 4.78 is 0.